The van der Waals surface area contributed by atoms with E-state index in [1.54, 1.807) is 66.7 Å². The van der Waals surface area contributed by atoms with Crippen LogP contribution in [0.15, 0.2) is 89.8 Å². The van der Waals surface area contributed by atoms with Gasteiger partial charge >= 0.3 is 0 Å². The zero-order valence-corrected chi connectivity index (χ0v) is 18.8. The molecule has 3 rings (SSSR count). The molecule has 162 valence electrons. The Labute approximate surface area is 184 Å². The molecule has 0 aromatic heterocycles. The summed E-state index contributed by atoms with van der Waals surface area (Å²) in [4.78, 5) is 12.7. The predicted octanol–water partition coefficient (Wildman–Crippen LogP) is 4.86. The van der Waals surface area contributed by atoms with Gasteiger partial charge in [0.15, 0.2) is 0 Å². The molecule has 0 fully saturated rings. The third-order valence-electron chi connectivity index (χ3n) is 5.28. The number of rotatable bonds is 8. The van der Waals surface area contributed by atoms with Crippen LogP contribution in [0.5, 0.6) is 0 Å². The molecule has 3 aromatic rings. The summed E-state index contributed by atoms with van der Waals surface area (Å²) in [6, 6.07) is 24.5. The maximum absolute atomic E-state index is 13.4. The molecule has 0 aliphatic rings. The molecule has 0 heterocycles. The van der Waals surface area contributed by atoms with Crippen LogP contribution in [-0.2, 0) is 16.6 Å². The van der Waals surface area contributed by atoms with Crippen LogP contribution < -0.4 is 9.62 Å². The lowest BCUT2D eigenvalue weighted by atomic mass is 10.1. The summed E-state index contributed by atoms with van der Waals surface area (Å²) < 4.78 is 28.1. The number of hydrogen-bond donors (Lipinski definition) is 1. The Balaban J connectivity index is 1.87. The summed E-state index contributed by atoms with van der Waals surface area (Å²) in [6.07, 6.45) is 0. The number of carbonyl (C=O) groups is 1. The summed E-state index contributed by atoms with van der Waals surface area (Å²) in [5.74, 6) is 0.204. The molecule has 1 atom stereocenters. The van der Waals surface area contributed by atoms with E-state index in [4.69, 9.17) is 0 Å². The third kappa shape index (κ3) is 5.52. The SMILES string of the molecule is CC(C)C(C)NC(=O)c1ccc(CN(c2ccccc2)S(=O)(=O)c2ccccc2)cc1. The van der Waals surface area contributed by atoms with Gasteiger partial charge in [0.2, 0.25) is 0 Å². The number of nitrogens with one attached hydrogen (secondary N) is 1. The predicted molar refractivity (Wildman–Crippen MR) is 124 cm³/mol. The van der Waals surface area contributed by atoms with Gasteiger partial charge in [-0.1, -0.05) is 62.4 Å². The maximum Gasteiger partial charge on any atom is 0.264 e. The summed E-state index contributed by atoms with van der Waals surface area (Å²) in [5.41, 5.74) is 1.92. The van der Waals surface area contributed by atoms with Crippen LogP contribution in [0.2, 0.25) is 0 Å². The highest BCUT2D eigenvalue weighted by atomic mass is 32.2. The van der Waals surface area contributed by atoms with Gasteiger partial charge in [-0.05, 0) is 54.8 Å². The minimum absolute atomic E-state index is 0.0664. The first-order chi connectivity index (χ1) is 14.8. The molecule has 1 unspecified atom stereocenters. The monoisotopic (exact) mass is 436 g/mol. The molecular weight excluding hydrogens is 408 g/mol. The highest BCUT2D eigenvalue weighted by Gasteiger charge is 2.25. The Morgan fingerprint density at radius 2 is 1.39 bits per heavy atom. The van der Waals surface area contributed by atoms with Crippen molar-refractivity contribution in [3.8, 4) is 0 Å². The van der Waals surface area contributed by atoms with Crippen molar-refractivity contribution in [1.82, 2.24) is 5.32 Å². The van der Waals surface area contributed by atoms with E-state index in [-0.39, 0.29) is 23.4 Å². The van der Waals surface area contributed by atoms with E-state index in [1.807, 2.05) is 25.1 Å². The smallest absolute Gasteiger partial charge is 0.264 e. The zero-order chi connectivity index (χ0) is 22.4. The lowest BCUT2D eigenvalue weighted by Gasteiger charge is -2.25. The van der Waals surface area contributed by atoms with Crippen molar-refractivity contribution in [1.29, 1.82) is 0 Å². The second-order valence-corrected chi connectivity index (χ2v) is 9.73. The number of sulfonamides is 1. The fourth-order valence-corrected chi connectivity index (χ4v) is 4.49. The van der Waals surface area contributed by atoms with Crippen molar-refractivity contribution in [3.63, 3.8) is 0 Å². The van der Waals surface area contributed by atoms with Gasteiger partial charge in [-0.3, -0.25) is 9.10 Å². The molecule has 0 radical (unpaired) electrons. The molecular formula is C25H28N2O3S. The Morgan fingerprint density at radius 1 is 0.839 bits per heavy atom. The first-order valence-corrected chi connectivity index (χ1v) is 11.8. The molecule has 0 bridgehead atoms. The Kier molecular flexibility index (Phi) is 7.13. The highest BCUT2D eigenvalue weighted by Crippen LogP contribution is 2.25. The highest BCUT2D eigenvalue weighted by molar-refractivity contribution is 7.92. The van der Waals surface area contributed by atoms with Crippen LogP contribution in [0.25, 0.3) is 0 Å². The van der Waals surface area contributed by atoms with Crippen molar-refractivity contribution in [2.24, 2.45) is 5.92 Å². The Bertz CT molecular complexity index is 1100. The topological polar surface area (TPSA) is 66.5 Å². The first-order valence-electron chi connectivity index (χ1n) is 10.3. The van der Waals surface area contributed by atoms with E-state index < -0.39 is 10.0 Å². The number of nitrogens with zero attached hydrogens (tertiary/aromatic N) is 1. The molecule has 6 heteroatoms. The number of carbonyl (C=O) groups excluding carboxylic acids is 1. The summed E-state index contributed by atoms with van der Waals surface area (Å²) in [6.45, 7) is 6.24. The second kappa shape index (κ2) is 9.79. The van der Waals surface area contributed by atoms with Gasteiger partial charge in [0.1, 0.15) is 0 Å². The number of amides is 1. The normalized spacial score (nSPS) is 12.4. The van der Waals surface area contributed by atoms with E-state index in [2.05, 4.69) is 19.2 Å². The lowest BCUT2D eigenvalue weighted by molar-refractivity contribution is 0.0930. The van der Waals surface area contributed by atoms with Crippen molar-refractivity contribution < 1.29 is 13.2 Å². The zero-order valence-electron chi connectivity index (χ0n) is 18.0. The van der Waals surface area contributed by atoms with E-state index in [9.17, 15) is 13.2 Å². The third-order valence-corrected chi connectivity index (χ3v) is 7.06. The van der Waals surface area contributed by atoms with Crippen molar-refractivity contribution in [3.05, 3.63) is 96.1 Å². The number of anilines is 1. The van der Waals surface area contributed by atoms with Crippen LogP contribution in [0.4, 0.5) is 5.69 Å². The summed E-state index contributed by atoms with van der Waals surface area (Å²) in [7, 11) is -3.75. The maximum atomic E-state index is 13.4. The van der Waals surface area contributed by atoms with Crippen LogP contribution in [0.3, 0.4) is 0 Å². The molecule has 31 heavy (non-hydrogen) atoms. The van der Waals surface area contributed by atoms with Gasteiger partial charge in [0, 0.05) is 11.6 Å². The standard InChI is InChI=1S/C25H28N2O3S/c1-19(2)20(3)26-25(28)22-16-14-21(15-17-22)18-27(23-10-6-4-7-11-23)31(29,30)24-12-8-5-9-13-24/h4-17,19-20H,18H2,1-3H3,(H,26,28). The Morgan fingerprint density at radius 3 is 1.94 bits per heavy atom. The molecule has 1 amide bonds. The molecule has 3 aromatic carbocycles. The largest absolute Gasteiger partial charge is 0.349 e. The van der Waals surface area contributed by atoms with Gasteiger partial charge in [0.25, 0.3) is 15.9 Å². The fraction of sp³-hybridized carbons (Fsp3) is 0.240. The molecule has 0 aliphatic heterocycles. The van der Waals surface area contributed by atoms with Crippen LogP contribution in [0.1, 0.15) is 36.7 Å². The molecule has 0 spiro atoms. The average molecular weight is 437 g/mol. The minimum atomic E-state index is -3.75. The average Bonchev–Trinajstić information content (AvgIpc) is 2.78. The number of para-hydroxylation sites is 1. The van der Waals surface area contributed by atoms with Gasteiger partial charge in [-0.25, -0.2) is 8.42 Å². The molecule has 0 aliphatic carbocycles. The number of hydrogen-bond acceptors (Lipinski definition) is 3. The van der Waals surface area contributed by atoms with Gasteiger partial charge < -0.3 is 5.32 Å². The van der Waals surface area contributed by atoms with Gasteiger partial charge in [-0.2, -0.15) is 0 Å². The van der Waals surface area contributed by atoms with E-state index in [1.165, 1.54) is 4.31 Å². The van der Waals surface area contributed by atoms with Crippen LogP contribution in [-0.4, -0.2) is 20.4 Å². The van der Waals surface area contributed by atoms with Crippen molar-refractivity contribution >= 4 is 21.6 Å². The minimum Gasteiger partial charge on any atom is -0.349 e. The molecule has 1 N–H and O–H groups in total. The van der Waals surface area contributed by atoms with Crippen LogP contribution in [0, 0.1) is 5.92 Å². The van der Waals surface area contributed by atoms with E-state index in [0.29, 0.717) is 17.2 Å². The number of benzene rings is 3. The van der Waals surface area contributed by atoms with E-state index in [0.717, 1.165) is 5.56 Å². The second-order valence-electron chi connectivity index (χ2n) is 7.86. The van der Waals surface area contributed by atoms with Crippen molar-refractivity contribution in [2.45, 2.75) is 38.3 Å². The lowest BCUT2D eigenvalue weighted by Crippen LogP contribution is -2.36. The Hall–Kier alpha value is -3.12. The molecule has 0 saturated heterocycles. The summed E-state index contributed by atoms with van der Waals surface area (Å²) in [5, 5.41) is 2.98. The molecule has 5 nitrogen and oxygen atoms in total. The van der Waals surface area contributed by atoms with Gasteiger partial charge in [-0.15, -0.1) is 0 Å². The van der Waals surface area contributed by atoms with E-state index >= 15 is 0 Å². The fourth-order valence-electron chi connectivity index (χ4n) is 3.01. The molecule has 0 saturated carbocycles. The van der Waals surface area contributed by atoms with Crippen LogP contribution >= 0.6 is 0 Å². The van der Waals surface area contributed by atoms with Gasteiger partial charge in [0.05, 0.1) is 17.1 Å². The van der Waals surface area contributed by atoms with Crippen molar-refractivity contribution in [2.75, 3.05) is 4.31 Å². The first kappa shape index (κ1) is 22.6. The summed E-state index contributed by atoms with van der Waals surface area (Å²) >= 11 is 0. The quantitative estimate of drug-likeness (QED) is 0.549.